The molecule has 2 rings (SSSR count). The van der Waals surface area contributed by atoms with Crippen molar-refractivity contribution in [2.45, 2.75) is 4.21 Å². The average Bonchev–Trinajstić information content (AvgIpc) is 2.85. The van der Waals surface area contributed by atoms with Gasteiger partial charge in [0.25, 0.3) is 10.0 Å². The Labute approximate surface area is 122 Å². The molecule has 0 fully saturated rings. The number of anilines is 1. The van der Waals surface area contributed by atoms with Crippen LogP contribution in [-0.4, -0.2) is 26.5 Å². The molecule has 0 saturated carbocycles. The molecule has 0 amide bonds. The summed E-state index contributed by atoms with van der Waals surface area (Å²) in [6, 6.07) is 2.21. The van der Waals surface area contributed by atoms with Gasteiger partial charge in [0.1, 0.15) is 11.6 Å². The maximum absolute atomic E-state index is 13.0. The quantitative estimate of drug-likeness (QED) is 0.865. The summed E-state index contributed by atoms with van der Waals surface area (Å²) in [6.07, 6.45) is 0. The highest BCUT2D eigenvalue weighted by atomic mass is 32.2. The Bertz CT molecular complexity index is 769. The van der Waals surface area contributed by atoms with Crippen LogP contribution < -0.4 is 4.72 Å². The second-order valence-electron chi connectivity index (χ2n) is 3.74. The molecule has 0 aliphatic carbocycles. The number of sulfonamides is 1. The molecular weight excluding hydrogens is 326 g/mol. The van der Waals surface area contributed by atoms with Gasteiger partial charge in [-0.25, -0.2) is 27.0 Å². The second kappa shape index (κ2) is 5.74. The van der Waals surface area contributed by atoms with Gasteiger partial charge in [-0.1, -0.05) is 0 Å². The van der Waals surface area contributed by atoms with E-state index in [1.54, 1.807) is 0 Å². The summed E-state index contributed by atoms with van der Waals surface area (Å²) in [6.45, 7) is 0. The van der Waals surface area contributed by atoms with E-state index in [2.05, 4.69) is 9.72 Å². The Morgan fingerprint density at radius 3 is 2.48 bits per heavy atom. The smallest absolute Gasteiger partial charge is 0.358 e. The molecule has 0 atom stereocenters. The van der Waals surface area contributed by atoms with Crippen LogP contribution in [-0.2, 0) is 14.8 Å². The average molecular weight is 334 g/mol. The fraction of sp³-hybridized carbons (Fsp3) is 0.0909. The molecular formula is C11H8F2N2O4S2. The minimum Gasteiger partial charge on any atom is -0.464 e. The van der Waals surface area contributed by atoms with Gasteiger partial charge in [0.15, 0.2) is 9.90 Å². The molecule has 0 bridgehead atoms. The SMILES string of the molecule is COC(=O)c1ncsc1S(=O)(=O)Nc1cc(F)cc(F)c1. The van der Waals surface area contributed by atoms with Crippen LogP contribution in [0.4, 0.5) is 14.5 Å². The zero-order chi connectivity index (χ0) is 15.6. The van der Waals surface area contributed by atoms with E-state index in [1.807, 2.05) is 4.72 Å². The molecule has 0 saturated heterocycles. The van der Waals surface area contributed by atoms with Crippen molar-refractivity contribution in [3.05, 3.63) is 41.0 Å². The minimum atomic E-state index is -4.22. The van der Waals surface area contributed by atoms with Crippen LogP contribution in [0, 0.1) is 11.6 Å². The lowest BCUT2D eigenvalue weighted by Crippen LogP contribution is -2.16. The number of carbonyl (C=O) groups is 1. The third-order valence-corrected chi connectivity index (χ3v) is 5.02. The number of nitrogens with zero attached hydrogens (tertiary/aromatic N) is 1. The van der Waals surface area contributed by atoms with Crippen molar-refractivity contribution in [3.8, 4) is 0 Å². The number of nitrogens with one attached hydrogen (secondary N) is 1. The molecule has 0 spiro atoms. The fourth-order valence-corrected chi connectivity index (χ4v) is 3.65. The highest BCUT2D eigenvalue weighted by Crippen LogP contribution is 2.24. The Kier molecular flexibility index (Phi) is 4.19. The molecule has 21 heavy (non-hydrogen) atoms. The van der Waals surface area contributed by atoms with E-state index in [0.29, 0.717) is 17.4 Å². The Morgan fingerprint density at radius 1 is 1.29 bits per heavy atom. The van der Waals surface area contributed by atoms with Gasteiger partial charge in [0.2, 0.25) is 0 Å². The van der Waals surface area contributed by atoms with Crippen molar-refractivity contribution in [1.82, 2.24) is 4.98 Å². The first-order chi connectivity index (χ1) is 9.83. The first-order valence-electron chi connectivity index (χ1n) is 5.34. The van der Waals surface area contributed by atoms with E-state index >= 15 is 0 Å². The van der Waals surface area contributed by atoms with Crippen LogP contribution >= 0.6 is 11.3 Å². The number of hydrogen-bond acceptors (Lipinski definition) is 6. The lowest BCUT2D eigenvalue weighted by Gasteiger charge is -2.07. The number of halogens is 2. The summed E-state index contributed by atoms with van der Waals surface area (Å²) < 4.78 is 56.3. The minimum absolute atomic E-state index is 0.309. The lowest BCUT2D eigenvalue weighted by atomic mass is 10.3. The van der Waals surface area contributed by atoms with Crippen LogP contribution in [0.15, 0.2) is 27.9 Å². The maximum Gasteiger partial charge on any atom is 0.358 e. The summed E-state index contributed by atoms with van der Waals surface area (Å²) in [4.78, 5) is 15.0. The third kappa shape index (κ3) is 3.34. The van der Waals surface area contributed by atoms with Crippen LogP contribution in [0.25, 0.3) is 0 Å². The Balaban J connectivity index is 2.39. The molecule has 1 N–H and O–H groups in total. The predicted octanol–water partition coefficient (Wildman–Crippen LogP) is 2.01. The predicted molar refractivity (Wildman–Crippen MR) is 70.6 cm³/mol. The van der Waals surface area contributed by atoms with Gasteiger partial charge in [0.05, 0.1) is 18.3 Å². The lowest BCUT2D eigenvalue weighted by molar-refractivity contribution is 0.0590. The second-order valence-corrected chi connectivity index (χ2v) is 6.48. The summed E-state index contributed by atoms with van der Waals surface area (Å²) in [5.74, 6) is -2.81. The van der Waals surface area contributed by atoms with Crippen molar-refractivity contribution in [3.63, 3.8) is 0 Å². The van der Waals surface area contributed by atoms with Crippen LogP contribution in [0.2, 0.25) is 0 Å². The van der Waals surface area contributed by atoms with Crippen molar-refractivity contribution >= 4 is 33.0 Å². The number of esters is 1. The largest absolute Gasteiger partial charge is 0.464 e. The summed E-state index contributed by atoms with van der Waals surface area (Å²) in [5.41, 5.74) is 0.441. The fourth-order valence-electron chi connectivity index (χ4n) is 1.47. The van der Waals surface area contributed by atoms with Crippen molar-refractivity contribution < 1.29 is 26.7 Å². The number of aromatic nitrogens is 1. The van der Waals surface area contributed by atoms with Crippen molar-refractivity contribution in [2.75, 3.05) is 11.8 Å². The molecule has 2 aromatic rings. The number of hydrogen-bond donors (Lipinski definition) is 1. The number of carbonyl (C=O) groups excluding carboxylic acids is 1. The van der Waals surface area contributed by atoms with Gasteiger partial charge in [0, 0.05) is 6.07 Å². The standard InChI is InChI=1S/C11H8F2N2O4S2/c1-19-10(16)9-11(20-5-14-9)21(17,18)15-8-3-6(12)2-7(13)4-8/h2-5,15H,1H3. The number of benzene rings is 1. The Morgan fingerprint density at radius 2 is 1.90 bits per heavy atom. The first-order valence-corrected chi connectivity index (χ1v) is 7.70. The van der Waals surface area contributed by atoms with Gasteiger partial charge in [-0.15, -0.1) is 11.3 Å². The highest BCUT2D eigenvalue weighted by molar-refractivity contribution is 7.94. The molecule has 6 nitrogen and oxygen atoms in total. The van der Waals surface area contributed by atoms with Crippen molar-refractivity contribution in [1.29, 1.82) is 0 Å². The van der Waals surface area contributed by atoms with Crippen LogP contribution in [0.5, 0.6) is 0 Å². The van der Waals surface area contributed by atoms with Gasteiger partial charge in [-0.2, -0.15) is 0 Å². The topological polar surface area (TPSA) is 85.4 Å². The van der Waals surface area contributed by atoms with E-state index in [9.17, 15) is 22.0 Å². The van der Waals surface area contributed by atoms with E-state index in [1.165, 1.54) is 0 Å². The third-order valence-electron chi connectivity index (χ3n) is 2.27. The first kappa shape index (κ1) is 15.3. The number of methoxy groups -OCH3 is 1. The zero-order valence-electron chi connectivity index (χ0n) is 10.5. The number of ether oxygens (including phenoxy) is 1. The molecule has 0 aliphatic heterocycles. The molecule has 112 valence electrons. The number of rotatable bonds is 4. The number of thiazole rings is 1. The maximum atomic E-state index is 13.0. The molecule has 1 aromatic carbocycles. The molecule has 1 heterocycles. The molecule has 10 heteroatoms. The highest BCUT2D eigenvalue weighted by Gasteiger charge is 2.26. The molecule has 1 aromatic heterocycles. The van der Waals surface area contributed by atoms with E-state index in [-0.39, 0.29) is 5.69 Å². The van der Waals surface area contributed by atoms with Gasteiger partial charge < -0.3 is 4.74 Å². The van der Waals surface area contributed by atoms with Gasteiger partial charge in [-0.05, 0) is 12.1 Å². The zero-order valence-corrected chi connectivity index (χ0v) is 12.1. The Hall–Kier alpha value is -2.07. The van der Waals surface area contributed by atoms with Gasteiger partial charge in [-0.3, -0.25) is 4.72 Å². The van der Waals surface area contributed by atoms with Gasteiger partial charge >= 0.3 is 5.97 Å². The molecule has 0 unspecified atom stereocenters. The molecule has 0 radical (unpaired) electrons. The van der Waals surface area contributed by atoms with E-state index < -0.39 is 37.5 Å². The van der Waals surface area contributed by atoms with Crippen molar-refractivity contribution in [2.24, 2.45) is 0 Å². The summed E-state index contributed by atoms with van der Waals surface area (Å²) in [7, 11) is -3.14. The van der Waals surface area contributed by atoms with Crippen LogP contribution in [0.3, 0.4) is 0 Å². The normalized spacial score (nSPS) is 11.2. The summed E-state index contributed by atoms with van der Waals surface area (Å²) >= 11 is 0.678. The monoisotopic (exact) mass is 334 g/mol. The van der Waals surface area contributed by atoms with E-state index in [0.717, 1.165) is 24.8 Å². The summed E-state index contributed by atoms with van der Waals surface area (Å²) in [5, 5.41) is 0. The van der Waals surface area contributed by atoms with E-state index in [4.69, 9.17) is 0 Å². The molecule has 0 aliphatic rings. The van der Waals surface area contributed by atoms with Crippen LogP contribution in [0.1, 0.15) is 10.5 Å².